The number of ether oxygens (including phenoxy) is 2. The van der Waals surface area contributed by atoms with Crippen LogP contribution in [0.1, 0.15) is 13.8 Å². The van der Waals surface area contributed by atoms with Crippen molar-refractivity contribution in [1.82, 2.24) is 4.31 Å². The minimum atomic E-state index is -3.85. The van der Waals surface area contributed by atoms with E-state index in [2.05, 4.69) is 5.32 Å². The number of nitrogens with one attached hydrogen (secondary N) is 1. The van der Waals surface area contributed by atoms with Gasteiger partial charge in [0.05, 0.1) is 5.69 Å². The maximum Gasteiger partial charge on any atom is 0.262 e. The minimum Gasteiger partial charge on any atom is -0.482 e. The smallest absolute Gasteiger partial charge is 0.262 e. The van der Waals surface area contributed by atoms with Crippen molar-refractivity contribution in [1.29, 1.82) is 0 Å². The van der Waals surface area contributed by atoms with Gasteiger partial charge >= 0.3 is 0 Å². The Bertz CT molecular complexity index is 1250. The Labute approximate surface area is 209 Å². The third-order valence-electron chi connectivity index (χ3n) is 4.77. The first-order valence-electron chi connectivity index (χ1n) is 10.5. The van der Waals surface area contributed by atoms with Crippen molar-refractivity contribution in [3.8, 4) is 17.2 Å². The van der Waals surface area contributed by atoms with Gasteiger partial charge in [0.25, 0.3) is 5.91 Å². The molecular weight excluding hydrogens is 499 g/mol. The van der Waals surface area contributed by atoms with Gasteiger partial charge in [-0.05, 0) is 48.5 Å². The largest absolute Gasteiger partial charge is 0.482 e. The van der Waals surface area contributed by atoms with Gasteiger partial charge in [-0.15, -0.1) is 0 Å². The molecular formula is C24H24Cl2N2O5S. The van der Waals surface area contributed by atoms with E-state index in [4.69, 9.17) is 32.7 Å². The number of nitrogens with zero attached hydrogens (tertiary/aromatic N) is 1. The topological polar surface area (TPSA) is 84.9 Å². The van der Waals surface area contributed by atoms with Gasteiger partial charge in [0, 0.05) is 23.1 Å². The Morgan fingerprint density at radius 2 is 1.53 bits per heavy atom. The van der Waals surface area contributed by atoms with E-state index < -0.39 is 22.5 Å². The standard InChI is InChI=1S/C24H24Cl2N2O5S/c1-3-28(4-2)34(30,31)23-15-18(26)11-13-22(23)32-16-24(29)27-20-14-17(25)10-12-21(20)33-19-8-6-5-7-9-19/h5-15H,3-4,16H2,1-2H3,(H,27,29). The van der Waals surface area contributed by atoms with Crippen LogP contribution in [-0.2, 0) is 14.8 Å². The molecule has 34 heavy (non-hydrogen) atoms. The number of rotatable bonds is 10. The van der Waals surface area contributed by atoms with Gasteiger partial charge in [-0.25, -0.2) is 8.42 Å². The van der Waals surface area contributed by atoms with Gasteiger partial charge in [-0.3, -0.25) is 4.79 Å². The van der Waals surface area contributed by atoms with Crippen LogP contribution in [0.15, 0.2) is 71.6 Å². The maximum absolute atomic E-state index is 13.0. The lowest BCUT2D eigenvalue weighted by molar-refractivity contribution is -0.118. The molecule has 3 aromatic carbocycles. The lowest BCUT2D eigenvalue weighted by atomic mass is 10.2. The Morgan fingerprint density at radius 3 is 2.18 bits per heavy atom. The zero-order chi connectivity index (χ0) is 24.7. The van der Waals surface area contributed by atoms with E-state index in [0.717, 1.165) is 0 Å². The zero-order valence-electron chi connectivity index (χ0n) is 18.6. The van der Waals surface area contributed by atoms with Gasteiger partial charge in [-0.2, -0.15) is 4.31 Å². The number of amides is 1. The second-order valence-electron chi connectivity index (χ2n) is 7.07. The van der Waals surface area contributed by atoms with Crippen LogP contribution in [0.2, 0.25) is 10.0 Å². The maximum atomic E-state index is 13.0. The summed E-state index contributed by atoms with van der Waals surface area (Å²) in [6, 6.07) is 18.1. The van der Waals surface area contributed by atoms with Crippen LogP contribution in [0.3, 0.4) is 0 Å². The summed E-state index contributed by atoms with van der Waals surface area (Å²) in [7, 11) is -3.85. The first kappa shape index (κ1) is 25.8. The van der Waals surface area contributed by atoms with Crippen molar-refractivity contribution >= 4 is 44.8 Å². The molecule has 0 radical (unpaired) electrons. The summed E-state index contributed by atoms with van der Waals surface area (Å²) in [5, 5.41) is 3.34. The lowest BCUT2D eigenvalue weighted by Gasteiger charge is -2.20. The van der Waals surface area contributed by atoms with E-state index in [1.165, 1.54) is 22.5 Å². The third-order valence-corrected chi connectivity index (χ3v) is 7.32. The van der Waals surface area contributed by atoms with Crippen LogP contribution in [0, 0.1) is 0 Å². The molecule has 0 aliphatic carbocycles. The van der Waals surface area contributed by atoms with Gasteiger partial charge in [0.1, 0.15) is 16.4 Å². The van der Waals surface area contributed by atoms with E-state index >= 15 is 0 Å². The number of hydrogen-bond donors (Lipinski definition) is 1. The number of halogens is 2. The third kappa shape index (κ3) is 6.42. The van der Waals surface area contributed by atoms with Crippen molar-refractivity contribution in [2.75, 3.05) is 25.0 Å². The number of anilines is 1. The van der Waals surface area contributed by atoms with Gasteiger partial charge < -0.3 is 14.8 Å². The number of para-hydroxylation sites is 1. The van der Waals surface area contributed by atoms with Crippen LogP contribution in [0.25, 0.3) is 0 Å². The number of hydrogen-bond acceptors (Lipinski definition) is 5. The summed E-state index contributed by atoms with van der Waals surface area (Å²) in [5.41, 5.74) is 0.344. The summed E-state index contributed by atoms with van der Waals surface area (Å²) in [5.74, 6) is 0.476. The summed E-state index contributed by atoms with van der Waals surface area (Å²) in [6.45, 7) is 3.59. The van der Waals surface area contributed by atoms with E-state index in [1.807, 2.05) is 18.2 Å². The molecule has 0 fully saturated rings. The van der Waals surface area contributed by atoms with Crippen molar-refractivity contribution in [3.05, 3.63) is 76.8 Å². The fraction of sp³-hybridized carbons (Fsp3) is 0.208. The molecule has 10 heteroatoms. The fourth-order valence-electron chi connectivity index (χ4n) is 3.14. The predicted octanol–water partition coefficient (Wildman–Crippen LogP) is 5.83. The molecule has 0 saturated carbocycles. The highest BCUT2D eigenvalue weighted by atomic mass is 35.5. The average molecular weight is 523 g/mol. The highest BCUT2D eigenvalue weighted by molar-refractivity contribution is 7.89. The first-order chi connectivity index (χ1) is 16.2. The minimum absolute atomic E-state index is 0.0262. The Morgan fingerprint density at radius 1 is 0.912 bits per heavy atom. The molecule has 0 aliphatic heterocycles. The van der Waals surface area contributed by atoms with Crippen LogP contribution in [0.5, 0.6) is 17.2 Å². The second kappa shape index (κ2) is 11.6. The molecule has 0 bridgehead atoms. The van der Waals surface area contributed by atoms with E-state index in [-0.39, 0.29) is 28.8 Å². The highest BCUT2D eigenvalue weighted by Crippen LogP contribution is 2.33. The molecule has 1 N–H and O–H groups in total. The summed E-state index contributed by atoms with van der Waals surface area (Å²) < 4.78 is 38.7. The van der Waals surface area contributed by atoms with Crippen molar-refractivity contribution < 1.29 is 22.7 Å². The molecule has 0 saturated heterocycles. The van der Waals surface area contributed by atoms with Crippen molar-refractivity contribution in [2.24, 2.45) is 0 Å². The number of carbonyl (C=O) groups excluding carboxylic acids is 1. The average Bonchev–Trinajstić information content (AvgIpc) is 2.81. The molecule has 0 aliphatic rings. The van der Waals surface area contributed by atoms with Crippen LogP contribution in [0.4, 0.5) is 5.69 Å². The van der Waals surface area contributed by atoms with E-state index in [0.29, 0.717) is 22.2 Å². The molecule has 0 aromatic heterocycles. The highest BCUT2D eigenvalue weighted by Gasteiger charge is 2.26. The summed E-state index contributed by atoms with van der Waals surface area (Å²) >= 11 is 12.1. The van der Waals surface area contributed by atoms with Crippen molar-refractivity contribution in [2.45, 2.75) is 18.7 Å². The Hall–Kier alpha value is -2.78. The van der Waals surface area contributed by atoms with Gasteiger partial charge in [0.2, 0.25) is 10.0 Å². The van der Waals surface area contributed by atoms with Crippen LogP contribution in [-0.4, -0.2) is 38.3 Å². The lowest BCUT2D eigenvalue weighted by Crippen LogP contribution is -2.31. The SMILES string of the molecule is CCN(CC)S(=O)(=O)c1cc(Cl)ccc1OCC(=O)Nc1cc(Cl)ccc1Oc1ccccc1. The summed E-state index contributed by atoms with van der Waals surface area (Å²) in [6.07, 6.45) is 0. The monoisotopic (exact) mass is 522 g/mol. The van der Waals surface area contributed by atoms with Crippen LogP contribution < -0.4 is 14.8 Å². The zero-order valence-corrected chi connectivity index (χ0v) is 21.0. The molecule has 3 aromatic rings. The fourth-order valence-corrected chi connectivity index (χ4v) is 5.16. The molecule has 0 spiro atoms. The molecule has 0 atom stereocenters. The molecule has 0 unspecified atom stereocenters. The predicted molar refractivity (Wildman–Crippen MR) is 134 cm³/mol. The second-order valence-corrected chi connectivity index (χ2v) is 9.85. The molecule has 3 rings (SSSR count). The molecule has 7 nitrogen and oxygen atoms in total. The molecule has 180 valence electrons. The van der Waals surface area contributed by atoms with Crippen LogP contribution >= 0.6 is 23.2 Å². The number of carbonyl (C=O) groups is 1. The first-order valence-corrected chi connectivity index (χ1v) is 12.7. The number of benzene rings is 3. The summed E-state index contributed by atoms with van der Waals surface area (Å²) in [4.78, 5) is 12.6. The van der Waals surface area contributed by atoms with E-state index in [1.54, 1.807) is 44.2 Å². The molecule has 1 amide bonds. The van der Waals surface area contributed by atoms with Crippen molar-refractivity contribution in [3.63, 3.8) is 0 Å². The normalized spacial score (nSPS) is 11.3. The Balaban J connectivity index is 1.77. The quantitative estimate of drug-likeness (QED) is 0.361. The molecule has 0 heterocycles. The van der Waals surface area contributed by atoms with E-state index in [9.17, 15) is 13.2 Å². The Kier molecular flexibility index (Phi) is 8.79. The van der Waals surface area contributed by atoms with Gasteiger partial charge in [-0.1, -0.05) is 55.2 Å². The van der Waals surface area contributed by atoms with Gasteiger partial charge in [0.15, 0.2) is 12.4 Å². The number of sulfonamides is 1.